The number of carbonyl (C=O) groups excluding carboxylic acids is 3. The fourth-order valence-corrected chi connectivity index (χ4v) is 5.40. The van der Waals surface area contributed by atoms with Gasteiger partial charge >= 0.3 is 5.97 Å². The summed E-state index contributed by atoms with van der Waals surface area (Å²) in [6, 6.07) is 12.0. The Labute approximate surface area is 202 Å². The third-order valence-electron chi connectivity index (χ3n) is 5.25. The van der Waals surface area contributed by atoms with E-state index in [9.17, 15) is 24.5 Å². The van der Waals surface area contributed by atoms with Crippen LogP contribution in [0.25, 0.3) is 10.2 Å². The largest absolute Gasteiger partial charge is 0.468 e. The third-order valence-corrected chi connectivity index (χ3v) is 7.19. The van der Waals surface area contributed by atoms with Gasteiger partial charge in [0, 0.05) is 24.4 Å². The summed E-state index contributed by atoms with van der Waals surface area (Å²) >= 11 is 2.24. The van der Waals surface area contributed by atoms with E-state index in [0.717, 1.165) is 29.0 Å². The van der Waals surface area contributed by atoms with E-state index in [1.165, 1.54) is 41.6 Å². The van der Waals surface area contributed by atoms with Gasteiger partial charge in [-0.1, -0.05) is 29.5 Å². The van der Waals surface area contributed by atoms with Gasteiger partial charge in [0.2, 0.25) is 5.91 Å². The molecule has 1 aliphatic rings. The van der Waals surface area contributed by atoms with Gasteiger partial charge in [0.15, 0.2) is 4.80 Å². The first-order valence-electron chi connectivity index (χ1n) is 10.3. The topological polar surface area (TPSA) is 124 Å². The van der Waals surface area contributed by atoms with Crippen molar-refractivity contribution in [2.45, 2.75) is 13.0 Å². The van der Waals surface area contributed by atoms with Crippen LogP contribution in [0, 0.1) is 10.1 Å². The zero-order valence-corrected chi connectivity index (χ0v) is 19.8. The molecule has 0 spiro atoms. The Bertz CT molecular complexity index is 1360. The predicted octanol–water partition coefficient (Wildman–Crippen LogP) is 2.53. The SMILES string of the molecule is COC(=O)Cn1c(=NC(=O)CSCC(=O)N2CCc3ccccc32)sc2cc([N+](=O)[O-])ccc21. The second kappa shape index (κ2) is 10.2. The monoisotopic (exact) mass is 500 g/mol. The lowest BCUT2D eigenvalue weighted by Crippen LogP contribution is -2.30. The van der Waals surface area contributed by atoms with Gasteiger partial charge in [-0.25, -0.2) is 0 Å². The molecular formula is C22H20N4O6S2. The molecule has 0 bridgehead atoms. The molecule has 2 heterocycles. The molecule has 1 aliphatic heterocycles. The Balaban J connectivity index is 1.48. The summed E-state index contributed by atoms with van der Waals surface area (Å²) in [5.74, 6) is -0.973. The van der Waals surface area contributed by atoms with Crippen LogP contribution in [0.3, 0.4) is 0 Å². The van der Waals surface area contributed by atoms with Crippen molar-refractivity contribution in [3.05, 3.63) is 62.9 Å². The van der Waals surface area contributed by atoms with Crippen LogP contribution < -0.4 is 9.70 Å². The van der Waals surface area contributed by atoms with Gasteiger partial charge in [-0.2, -0.15) is 4.99 Å². The van der Waals surface area contributed by atoms with E-state index in [1.54, 1.807) is 4.90 Å². The smallest absolute Gasteiger partial charge is 0.325 e. The number of rotatable bonds is 7. The standard InChI is InChI=1S/C22H20N4O6S2/c1-32-21(29)11-25-17-7-6-15(26(30)31)10-18(17)34-22(25)23-19(27)12-33-13-20(28)24-9-8-14-4-2-3-5-16(14)24/h2-7,10H,8-9,11-13H2,1H3. The maximum atomic E-state index is 12.6. The average molecular weight is 501 g/mol. The normalized spacial score (nSPS) is 13.2. The second-order valence-corrected chi connectivity index (χ2v) is 9.37. The molecule has 0 radical (unpaired) electrons. The first-order chi connectivity index (χ1) is 16.4. The number of benzene rings is 2. The minimum atomic E-state index is -0.544. The molecule has 2 amide bonds. The fourth-order valence-electron chi connectivity index (χ4n) is 3.65. The van der Waals surface area contributed by atoms with Crippen LogP contribution in [0.1, 0.15) is 5.56 Å². The number of methoxy groups -OCH3 is 1. The Morgan fingerprint density at radius 2 is 2.00 bits per heavy atom. The number of hydrogen-bond donors (Lipinski definition) is 0. The maximum absolute atomic E-state index is 12.6. The van der Waals surface area contributed by atoms with Crippen molar-refractivity contribution in [2.24, 2.45) is 4.99 Å². The van der Waals surface area contributed by atoms with E-state index in [-0.39, 0.29) is 34.4 Å². The number of esters is 1. The van der Waals surface area contributed by atoms with E-state index in [2.05, 4.69) is 4.99 Å². The van der Waals surface area contributed by atoms with E-state index < -0.39 is 16.8 Å². The summed E-state index contributed by atoms with van der Waals surface area (Å²) in [6.45, 7) is 0.429. The number of non-ortho nitro benzene ring substituents is 1. The number of ether oxygens (including phenoxy) is 1. The third kappa shape index (κ3) is 5.02. The van der Waals surface area contributed by atoms with Gasteiger partial charge < -0.3 is 14.2 Å². The zero-order valence-electron chi connectivity index (χ0n) is 18.1. The van der Waals surface area contributed by atoms with Crippen LogP contribution in [0.15, 0.2) is 47.5 Å². The highest BCUT2D eigenvalue weighted by atomic mass is 32.2. The lowest BCUT2D eigenvalue weighted by Gasteiger charge is -2.16. The number of nitro benzene ring substituents is 1. The van der Waals surface area contributed by atoms with Crippen LogP contribution in [-0.2, 0) is 32.1 Å². The second-order valence-electron chi connectivity index (χ2n) is 7.38. The Hall–Kier alpha value is -3.51. The summed E-state index contributed by atoms with van der Waals surface area (Å²) in [5.41, 5.74) is 2.47. The van der Waals surface area contributed by atoms with Crippen LogP contribution >= 0.6 is 23.1 Å². The number of para-hydroxylation sites is 1. The van der Waals surface area contributed by atoms with Gasteiger partial charge in [0.05, 0.1) is 33.8 Å². The molecule has 0 saturated carbocycles. The first-order valence-corrected chi connectivity index (χ1v) is 12.2. The number of nitro groups is 1. The average Bonchev–Trinajstić information content (AvgIpc) is 3.40. The molecule has 176 valence electrons. The highest BCUT2D eigenvalue weighted by Crippen LogP contribution is 2.28. The lowest BCUT2D eigenvalue weighted by molar-refractivity contribution is -0.384. The Morgan fingerprint density at radius 1 is 1.21 bits per heavy atom. The summed E-state index contributed by atoms with van der Waals surface area (Å²) in [6.07, 6.45) is 0.811. The van der Waals surface area contributed by atoms with Crippen molar-refractivity contribution in [2.75, 3.05) is 30.1 Å². The van der Waals surface area contributed by atoms with Crippen molar-refractivity contribution in [3.8, 4) is 0 Å². The minimum Gasteiger partial charge on any atom is -0.468 e. The van der Waals surface area contributed by atoms with Crippen molar-refractivity contribution in [3.63, 3.8) is 0 Å². The highest BCUT2D eigenvalue weighted by molar-refractivity contribution is 8.00. The molecule has 0 atom stereocenters. The number of nitrogens with zero attached hydrogens (tertiary/aromatic N) is 4. The number of thioether (sulfide) groups is 1. The predicted molar refractivity (Wildman–Crippen MR) is 129 cm³/mol. The van der Waals surface area contributed by atoms with Crippen molar-refractivity contribution < 1.29 is 24.0 Å². The maximum Gasteiger partial charge on any atom is 0.325 e. The van der Waals surface area contributed by atoms with Crippen LogP contribution in [0.5, 0.6) is 0 Å². The summed E-state index contributed by atoms with van der Waals surface area (Å²) in [5, 5.41) is 11.1. The van der Waals surface area contributed by atoms with E-state index >= 15 is 0 Å². The van der Waals surface area contributed by atoms with E-state index in [4.69, 9.17) is 4.74 Å². The molecule has 0 N–H and O–H groups in total. The molecule has 3 aromatic rings. The molecule has 0 saturated heterocycles. The number of thiazole rings is 1. The zero-order chi connectivity index (χ0) is 24.2. The molecule has 12 heteroatoms. The molecule has 1 aromatic heterocycles. The Morgan fingerprint density at radius 3 is 2.76 bits per heavy atom. The van der Waals surface area contributed by atoms with Crippen molar-refractivity contribution >= 4 is 62.5 Å². The van der Waals surface area contributed by atoms with Crippen LogP contribution in [0.4, 0.5) is 11.4 Å². The molecule has 0 unspecified atom stereocenters. The van der Waals surface area contributed by atoms with E-state index in [0.29, 0.717) is 16.8 Å². The molecule has 2 aromatic carbocycles. The van der Waals surface area contributed by atoms with Crippen molar-refractivity contribution in [1.29, 1.82) is 0 Å². The number of hydrogen-bond acceptors (Lipinski definition) is 8. The number of carbonyl (C=O) groups is 3. The summed E-state index contributed by atoms with van der Waals surface area (Å²) in [7, 11) is 1.25. The van der Waals surface area contributed by atoms with Gasteiger partial charge in [0.25, 0.3) is 11.6 Å². The van der Waals surface area contributed by atoms with Crippen molar-refractivity contribution in [1.82, 2.24) is 4.57 Å². The molecule has 0 fully saturated rings. The Kier molecular flexibility index (Phi) is 7.08. The quantitative estimate of drug-likeness (QED) is 0.277. The first kappa shape index (κ1) is 23.6. The fraction of sp³-hybridized carbons (Fsp3) is 0.273. The molecule has 10 nitrogen and oxygen atoms in total. The minimum absolute atomic E-state index is 0.0200. The van der Waals surface area contributed by atoms with E-state index in [1.807, 2.05) is 24.3 Å². The molecule has 4 rings (SSSR count). The van der Waals surface area contributed by atoms with Gasteiger partial charge in [0.1, 0.15) is 6.54 Å². The highest BCUT2D eigenvalue weighted by Gasteiger charge is 2.24. The van der Waals surface area contributed by atoms with Gasteiger partial charge in [-0.3, -0.25) is 24.5 Å². The number of anilines is 1. The summed E-state index contributed by atoms with van der Waals surface area (Å²) < 4.78 is 6.73. The van der Waals surface area contributed by atoms with Crippen LogP contribution in [-0.4, -0.2) is 52.4 Å². The lowest BCUT2D eigenvalue weighted by atomic mass is 10.2. The summed E-state index contributed by atoms with van der Waals surface area (Å²) in [4.78, 5) is 53.7. The molecular weight excluding hydrogens is 480 g/mol. The van der Waals surface area contributed by atoms with Gasteiger partial charge in [-0.15, -0.1) is 11.8 Å². The number of amides is 2. The van der Waals surface area contributed by atoms with Gasteiger partial charge in [-0.05, 0) is 24.1 Å². The molecule has 0 aliphatic carbocycles. The molecule has 34 heavy (non-hydrogen) atoms. The van der Waals surface area contributed by atoms with Crippen LogP contribution in [0.2, 0.25) is 0 Å². The number of aromatic nitrogens is 1. The number of fused-ring (bicyclic) bond motifs is 2.